The summed E-state index contributed by atoms with van der Waals surface area (Å²) in [6, 6.07) is 14.0. The molecule has 0 saturated heterocycles. The molecule has 0 aliphatic carbocycles. The number of nitrogens with zero attached hydrogens (tertiary/aromatic N) is 1. The van der Waals surface area contributed by atoms with Crippen LogP contribution < -0.4 is 0 Å². The molecular formula is C19H17NO3. The fourth-order valence-electron chi connectivity index (χ4n) is 2.83. The summed E-state index contributed by atoms with van der Waals surface area (Å²) in [6.45, 7) is 2.19. The average Bonchev–Trinajstić information content (AvgIpc) is 2.94. The van der Waals surface area contributed by atoms with Crippen LogP contribution in [-0.4, -0.2) is 12.6 Å². The van der Waals surface area contributed by atoms with Gasteiger partial charge in [0.05, 0.1) is 19.1 Å². The van der Waals surface area contributed by atoms with Crippen molar-refractivity contribution in [1.29, 1.82) is 5.26 Å². The molecule has 1 aromatic heterocycles. The van der Waals surface area contributed by atoms with Crippen molar-refractivity contribution in [3.63, 3.8) is 0 Å². The summed E-state index contributed by atoms with van der Waals surface area (Å²) in [7, 11) is 0. The molecule has 0 atom stereocenters. The number of rotatable bonds is 5. The van der Waals surface area contributed by atoms with Gasteiger partial charge in [-0.2, -0.15) is 5.26 Å². The summed E-state index contributed by atoms with van der Waals surface area (Å²) in [5.41, 5.74) is 3.41. The van der Waals surface area contributed by atoms with Crippen LogP contribution in [0.15, 0.2) is 40.8 Å². The quantitative estimate of drug-likeness (QED) is 0.664. The second-order valence-corrected chi connectivity index (χ2v) is 5.33. The van der Waals surface area contributed by atoms with Gasteiger partial charge >= 0.3 is 5.97 Å². The first-order chi connectivity index (χ1) is 11.2. The first-order valence-corrected chi connectivity index (χ1v) is 7.69. The Morgan fingerprint density at radius 1 is 1.13 bits per heavy atom. The highest BCUT2D eigenvalue weighted by atomic mass is 16.5. The van der Waals surface area contributed by atoms with Gasteiger partial charge in [-0.25, -0.2) is 0 Å². The summed E-state index contributed by atoms with van der Waals surface area (Å²) in [5, 5.41) is 11.0. The van der Waals surface area contributed by atoms with Crippen LogP contribution in [0.3, 0.4) is 0 Å². The molecule has 0 N–H and O–H groups in total. The maximum atomic E-state index is 11.6. The van der Waals surface area contributed by atoms with Gasteiger partial charge in [0.2, 0.25) is 0 Å². The van der Waals surface area contributed by atoms with Crippen molar-refractivity contribution in [2.45, 2.75) is 26.2 Å². The summed E-state index contributed by atoms with van der Waals surface area (Å²) in [4.78, 5) is 11.6. The molecule has 23 heavy (non-hydrogen) atoms. The van der Waals surface area contributed by atoms with Gasteiger partial charge in [0.25, 0.3) is 0 Å². The van der Waals surface area contributed by atoms with Crippen LogP contribution in [0.2, 0.25) is 0 Å². The first-order valence-electron chi connectivity index (χ1n) is 7.69. The van der Waals surface area contributed by atoms with Gasteiger partial charge in [0.1, 0.15) is 11.2 Å². The smallest absolute Gasteiger partial charge is 0.306 e. The number of esters is 1. The van der Waals surface area contributed by atoms with E-state index in [4.69, 9.17) is 14.4 Å². The number of carbonyl (C=O) groups excluding carboxylic acids is 1. The van der Waals surface area contributed by atoms with Crippen molar-refractivity contribution in [2.75, 3.05) is 6.61 Å². The number of para-hydroxylation sites is 2. The van der Waals surface area contributed by atoms with E-state index in [1.807, 2.05) is 36.4 Å². The largest absolute Gasteiger partial charge is 0.466 e. The standard InChI is InChI=1S/C19H17NO3/c1-2-22-17(21)10-9-13-5-3-7-15-16-8-4-6-14(11-12-20)19(16)23-18(13)15/h3-8H,2,9-11H2,1H3. The Morgan fingerprint density at radius 2 is 1.78 bits per heavy atom. The minimum absolute atomic E-state index is 0.203. The molecule has 0 aliphatic rings. The molecule has 0 spiro atoms. The van der Waals surface area contributed by atoms with Crippen molar-refractivity contribution in [1.82, 2.24) is 0 Å². The Balaban J connectivity index is 2.04. The summed E-state index contributed by atoms with van der Waals surface area (Å²) in [6.07, 6.45) is 1.22. The van der Waals surface area contributed by atoms with E-state index in [-0.39, 0.29) is 5.97 Å². The molecular weight excluding hydrogens is 290 g/mol. The van der Waals surface area contributed by atoms with E-state index in [1.54, 1.807) is 6.92 Å². The summed E-state index contributed by atoms with van der Waals surface area (Å²) >= 11 is 0. The maximum Gasteiger partial charge on any atom is 0.306 e. The van der Waals surface area contributed by atoms with Crippen molar-refractivity contribution >= 4 is 27.9 Å². The monoisotopic (exact) mass is 307 g/mol. The number of ether oxygens (including phenoxy) is 1. The third-order valence-corrected chi connectivity index (χ3v) is 3.86. The molecule has 1 heterocycles. The molecule has 0 unspecified atom stereocenters. The van der Waals surface area contributed by atoms with Gasteiger partial charge in [0, 0.05) is 22.8 Å². The molecule has 0 fully saturated rings. The van der Waals surface area contributed by atoms with E-state index >= 15 is 0 Å². The van der Waals surface area contributed by atoms with Gasteiger partial charge in [0.15, 0.2) is 0 Å². The predicted molar refractivity (Wildman–Crippen MR) is 88.0 cm³/mol. The SMILES string of the molecule is CCOC(=O)CCc1cccc2c1oc1c(CC#N)cccc12. The molecule has 4 heteroatoms. The summed E-state index contributed by atoms with van der Waals surface area (Å²) < 4.78 is 11.0. The highest BCUT2D eigenvalue weighted by molar-refractivity contribution is 6.06. The zero-order valence-electron chi connectivity index (χ0n) is 13.0. The van der Waals surface area contributed by atoms with Gasteiger partial charge in [-0.15, -0.1) is 0 Å². The zero-order chi connectivity index (χ0) is 16.2. The lowest BCUT2D eigenvalue weighted by atomic mass is 10.0. The highest BCUT2D eigenvalue weighted by Gasteiger charge is 2.14. The third-order valence-electron chi connectivity index (χ3n) is 3.86. The lowest BCUT2D eigenvalue weighted by Gasteiger charge is -2.02. The van der Waals surface area contributed by atoms with Crippen molar-refractivity contribution in [3.8, 4) is 6.07 Å². The number of nitriles is 1. The van der Waals surface area contributed by atoms with Crippen LogP contribution in [-0.2, 0) is 22.4 Å². The van der Waals surface area contributed by atoms with E-state index in [2.05, 4.69) is 6.07 Å². The molecule has 0 saturated carbocycles. The Morgan fingerprint density at radius 3 is 2.43 bits per heavy atom. The molecule has 4 nitrogen and oxygen atoms in total. The van der Waals surface area contributed by atoms with E-state index < -0.39 is 0 Å². The van der Waals surface area contributed by atoms with Crippen molar-refractivity contribution < 1.29 is 13.9 Å². The van der Waals surface area contributed by atoms with Gasteiger partial charge in [-0.3, -0.25) is 4.79 Å². The minimum Gasteiger partial charge on any atom is -0.466 e. The van der Waals surface area contributed by atoms with Crippen LogP contribution in [0.5, 0.6) is 0 Å². The third kappa shape index (κ3) is 2.91. The molecule has 2 aromatic carbocycles. The number of fused-ring (bicyclic) bond motifs is 3. The first kappa shape index (κ1) is 15.1. The molecule has 0 aliphatic heterocycles. The number of furan rings is 1. The van der Waals surface area contributed by atoms with Crippen molar-refractivity contribution in [2.24, 2.45) is 0 Å². The van der Waals surface area contributed by atoms with Crippen LogP contribution in [0.25, 0.3) is 21.9 Å². The lowest BCUT2D eigenvalue weighted by Crippen LogP contribution is -2.05. The molecule has 116 valence electrons. The lowest BCUT2D eigenvalue weighted by molar-refractivity contribution is -0.143. The van der Waals surface area contributed by atoms with Crippen LogP contribution in [0.4, 0.5) is 0 Å². The Kier molecular flexibility index (Phi) is 4.29. The fourth-order valence-corrected chi connectivity index (χ4v) is 2.83. The van der Waals surface area contributed by atoms with E-state index in [9.17, 15) is 4.79 Å². The highest BCUT2D eigenvalue weighted by Crippen LogP contribution is 2.33. The number of hydrogen-bond donors (Lipinski definition) is 0. The number of carbonyl (C=O) groups is 1. The normalized spacial score (nSPS) is 10.8. The second kappa shape index (κ2) is 6.53. The van der Waals surface area contributed by atoms with Crippen LogP contribution >= 0.6 is 0 Å². The van der Waals surface area contributed by atoms with Crippen LogP contribution in [0.1, 0.15) is 24.5 Å². The second-order valence-electron chi connectivity index (χ2n) is 5.33. The summed E-state index contributed by atoms with van der Waals surface area (Å²) in [5.74, 6) is -0.203. The topological polar surface area (TPSA) is 63.2 Å². The molecule has 0 radical (unpaired) electrons. The zero-order valence-corrected chi connectivity index (χ0v) is 13.0. The van der Waals surface area contributed by atoms with Gasteiger partial charge in [-0.1, -0.05) is 36.4 Å². The number of aryl methyl sites for hydroxylation is 1. The van der Waals surface area contributed by atoms with E-state index in [0.29, 0.717) is 25.9 Å². The van der Waals surface area contributed by atoms with Gasteiger partial charge < -0.3 is 9.15 Å². The van der Waals surface area contributed by atoms with Crippen molar-refractivity contribution in [3.05, 3.63) is 47.5 Å². The van der Waals surface area contributed by atoms with Gasteiger partial charge in [-0.05, 0) is 18.9 Å². The molecule has 0 bridgehead atoms. The van der Waals surface area contributed by atoms with E-state index in [1.165, 1.54) is 0 Å². The van der Waals surface area contributed by atoms with E-state index in [0.717, 1.165) is 33.1 Å². The minimum atomic E-state index is -0.203. The molecule has 3 rings (SSSR count). The molecule has 3 aromatic rings. The maximum absolute atomic E-state index is 11.6. The Hall–Kier alpha value is -2.80. The Bertz CT molecular complexity index is 902. The fraction of sp³-hybridized carbons (Fsp3) is 0.263. The number of hydrogen-bond acceptors (Lipinski definition) is 4. The average molecular weight is 307 g/mol. The Labute approximate surface area is 134 Å². The molecule has 0 amide bonds. The van der Waals surface area contributed by atoms with Crippen LogP contribution in [0, 0.1) is 11.3 Å². The predicted octanol–water partition coefficient (Wildman–Crippen LogP) is 4.15. The number of benzene rings is 2.